The molecule has 0 unspecified atom stereocenters. The molecule has 0 heterocycles. The Hall–Kier alpha value is -1.83. The fourth-order valence-corrected chi connectivity index (χ4v) is 2.62. The zero-order valence-electron chi connectivity index (χ0n) is 16.6. The minimum Gasteiger partial charge on any atom is -0.478 e. The van der Waals surface area contributed by atoms with Crippen molar-refractivity contribution in [2.45, 2.75) is 84.0 Å². The second-order valence-corrected chi connectivity index (χ2v) is 6.60. The predicted molar refractivity (Wildman–Crippen MR) is 114 cm³/mol. The van der Waals surface area contributed by atoms with Gasteiger partial charge in [-0.1, -0.05) is 126 Å². The monoisotopic (exact) mass is 358 g/mol. The van der Waals surface area contributed by atoms with Crippen LogP contribution in [0.5, 0.6) is 0 Å². The first kappa shape index (κ1) is 24.2. The van der Waals surface area contributed by atoms with Crippen LogP contribution >= 0.6 is 0 Å². The molecule has 2 heteroatoms. The lowest BCUT2D eigenvalue weighted by atomic mass is 10.1. The first-order valence-electron chi connectivity index (χ1n) is 10.3. The maximum Gasteiger partial charge on any atom is 0.328 e. The highest BCUT2D eigenvalue weighted by Gasteiger charge is 1.92. The van der Waals surface area contributed by atoms with E-state index in [9.17, 15) is 4.79 Å². The minimum atomic E-state index is -0.929. The van der Waals surface area contributed by atoms with E-state index in [1.165, 1.54) is 76.7 Å². The van der Waals surface area contributed by atoms with Crippen LogP contribution in [0.1, 0.15) is 84.0 Å². The van der Waals surface area contributed by atoms with Crippen molar-refractivity contribution in [2.75, 3.05) is 0 Å². The summed E-state index contributed by atoms with van der Waals surface area (Å²) in [6.07, 6.45) is 34.7. The molecule has 0 radical (unpaired) electrons. The highest BCUT2D eigenvalue weighted by molar-refractivity contribution is 5.80. The average Bonchev–Trinajstić information content (AvgIpc) is 2.62. The van der Waals surface area contributed by atoms with E-state index >= 15 is 0 Å². The zero-order chi connectivity index (χ0) is 19.1. The molecule has 0 bridgehead atoms. The molecule has 0 saturated heterocycles. The van der Waals surface area contributed by atoms with Crippen molar-refractivity contribution in [3.05, 3.63) is 60.8 Å². The molecular formula is C24H38O2. The highest BCUT2D eigenvalue weighted by Crippen LogP contribution is 2.11. The van der Waals surface area contributed by atoms with Gasteiger partial charge in [-0.05, 0) is 12.8 Å². The fourth-order valence-electron chi connectivity index (χ4n) is 2.62. The molecule has 0 amide bonds. The number of hydrogen-bond acceptors (Lipinski definition) is 1. The Morgan fingerprint density at radius 2 is 1.04 bits per heavy atom. The first-order chi connectivity index (χ1) is 12.8. The van der Waals surface area contributed by atoms with Crippen LogP contribution in [0.25, 0.3) is 0 Å². The summed E-state index contributed by atoms with van der Waals surface area (Å²) >= 11 is 0. The van der Waals surface area contributed by atoms with Crippen molar-refractivity contribution >= 4 is 5.97 Å². The molecule has 0 atom stereocenters. The van der Waals surface area contributed by atoms with Crippen molar-refractivity contribution in [2.24, 2.45) is 0 Å². The standard InChI is InChI=1S/C24H38O2/c1-2-3-4-5-6-7-8-9-10-11-12-13-14-15-16-17-18-19-20-21-22-23-24(25)26/h14-23H,2-13H2,1H3,(H,25,26)/b15-14+,17-16+,19-18+,21-20+,23-22+. The van der Waals surface area contributed by atoms with Crippen LogP contribution in [0.3, 0.4) is 0 Å². The summed E-state index contributed by atoms with van der Waals surface area (Å²) in [7, 11) is 0. The third-order valence-electron chi connectivity index (χ3n) is 4.13. The summed E-state index contributed by atoms with van der Waals surface area (Å²) < 4.78 is 0. The number of rotatable bonds is 17. The van der Waals surface area contributed by atoms with E-state index in [1.807, 2.05) is 24.3 Å². The Morgan fingerprint density at radius 1 is 0.615 bits per heavy atom. The summed E-state index contributed by atoms with van der Waals surface area (Å²) in [5.41, 5.74) is 0. The molecule has 0 aliphatic carbocycles. The van der Waals surface area contributed by atoms with E-state index in [4.69, 9.17) is 5.11 Å². The Labute approximate surface area is 161 Å². The Balaban J connectivity index is 3.38. The number of unbranched alkanes of at least 4 members (excludes halogenated alkanes) is 11. The number of carboxylic acid groups (broad SMARTS) is 1. The molecule has 2 nitrogen and oxygen atoms in total. The highest BCUT2D eigenvalue weighted by atomic mass is 16.4. The van der Waals surface area contributed by atoms with Crippen molar-refractivity contribution in [1.82, 2.24) is 0 Å². The SMILES string of the molecule is CCCCCCCCCCCCC/C=C/C=C/C=C/C=C/C=C/C(=O)O. The van der Waals surface area contributed by atoms with E-state index in [0.717, 1.165) is 12.5 Å². The van der Waals surface area contributed by atoms with E-state index in [-0.39, 0.29) is 0 Å². The summed E-state index contributed by atoms with van der Waals surface area (Å²) in [4.78, 5) is 10.2. The topological polar surface area (TPSA) is 37.3 Å². The minimum absolute atomic E-state index is 0.929. The molecule has 26 heavy (non-hydrogen) atoms. The summed E-state index contributed by atoms with van der Waals surface area (Å²) in [6.45, 7) is 2.27. The molecule has 1 N–H and O–H groups in total. The van der Waals surface area contributed by atoms with Gasteiger partial charge in [-0.25, -0.2) is 4.79 Å². The van der Waals surface area contributed by atoms with Gasteiger partial charge in [0.15, 0.2) is 0 Å². The Morgan fingerprint density at radius 3 is 1.54 bits per heavy atom. The largest absolute Gasteiger partial charge is 0.478 e. The van der Waals surface area contributed by atoms with Crippen LogP contribution in [0.2, 0.25) is 0 Å². The number of hydrogen-bond donors (Lipinski definition) is 1. The molecule has 0 aliphatic heterocycles. The molecular weight excluding hydrogens is 320 g/mol. The van der Waals surface area contributed by atoms with Gasteiger partial charge in [0, 0.05) is 6.08 Å². The molecule has 146 valence electrons. The summed E-state index contributed by atoms with van der Waals surface area (Å²) in [5, 5.41) is 8.41. The van der Waals surface area contributed by atoms with Gasteiger partial charge < -0.3 is 5.11 Å². The Bertz CT molecular complexity index is 453. The lowest BCUT2D eigenvalue weighted by molar-refractivity contribution is -0.131. The van der Waals surface area contributed by atoms with Crippen molar-refractivity contribution in [3.63, 3.8) is 0 Å². The third-order valence-corrected chi connectivity index (χ3v) is 4.13. The molecule has 0 aromatic rings. The average molecular weight is 359 g/mol. The lowest BCUT2D eigenvalue weighted by Gasteiger charge is -2.01. The smallest absolute Gasteiger partial charge is 0.328 e. The quantitative estimate of drug-likeness (QED) is 0.165. The molecule has 0 fully saturated rings. The van der Waals surface area contributed by atoms with E-state index in [0.29, 0.717) is 0 Å². The van der Waals surface area contributed by atoms with Crippen molar-refractivity contribution in [3.8, 4) is 0 Å². The van der Waals surface area contributed by atoms with E-state index in [2.05, 4.69) is 19.1 Å². The fraction of sp³-hybridized carbons (Fsp3) is 0.542. The lowest BCUT2D eigenvalue weighted by Crippen LogP contribution is -1.84. The first-order valence-corrected chi connectivity index (χ1v) is 10.3. The Kier molecular flexibility index (Phi) is 19.7. The van der Waals surface area contributed by atoms with E-state index in [1.54, 1.807) is 12.2 Å². The van der Waals surface area contributed by atoms with Gasteiger partial charge in [0.2, 0.25) is 0 Å². The van der Waals surface area contributed by atoms with Crippen LogP contribution in [-0.4, -0.2) is 11.1 Å². The summed E-state index contributed by atoms with van der Waals surface area (Å²) in [5.74, 6) is -0.929. The zero-order valence-corrected chi connectivity index (χ0v) is 16.6. The second-order valence-electron chi connectivity index (χ2n) is 6.60. The van der Waals surface area contributed by atoms with Gasteiger partial charge in [0.05, 0.1) is 0 Å². The van der Waals surface area contributed by atoms with Gasteiger partial charge in [-0.15, -0.1) is 0 Å². The van der Waals surface area contributed by atoms with Crippen LogP contribution < -0.4 is 0 Å². The molecule has 0 aromatic carbocycles. The van der Waals surface area contributed by atoms with Gasteiger partial charge >= 0.3 is 5.97 Å². The van der Waals surface area contributed by atoms with Gasteiger partial charge in [-0.3, -0.25) is 0 Å². The molecule has 0 aliphatic rings. The van der Waals surface area contributed by atoms with E-state index < -0.39 is 5.97 Å². The summed E-state index contributed by atoms with van der Waals surface area (Å²) in [6, 6.07) is 0. The van der Waals surface area contributed by atoms with Gasteiger partial charge in [-0.2, -0.15) is 0 Å². The maximum absolute atomic E-state index is 10.2. The normalized spacial score (nSPS) is 12.7. The van der Waals surface area contributed by atoms with Gasteiger partial charge in [0.1, 0.15) is 0 Å². The second kappa shape index (κ2) is 21.2. The van der Waals surface area contributed by atoms with Gasteiger partial charge in [0.25, 0.3) is 0 Å². The molecule has 0 spiro atoms. The molecule has 0 rings (SSSR count). The maximum atomic E-state index is 10.2. The predicted octanol–water partition coefficient (Wildman–Crippen LogP) is 7.55. The van der Waals surface area contributed by atoms with Crippen LogP contribution in [-0.2, 0) is 4.79 Å². The number of carboxylic acids is 1. The van der Waals surface area contributed by atoms with Crippen LogP contribution in [0, 0.1) is 0 Å². The number of carbonyl (C=O) groups is 1. The number of aliphatic carboxylic acids is 1. The van der Waals surface area contributed by atoms with Crippen LogP contribution in [0.4, 0.5) is 0 Å². The molecule has 0 saturated carbocycles. The third kappa shape index (κ3) is 22.2. The number of allylic oxidation sites excluding steroid dienone is 9. The van der Waals surface area contributed by atoms with Crippen LogP contribution in [0.15, 0.2) is 60.8 Å². The van der Waals surface area contributed by atoms with Crippen molar-refractivity contribution in [1.29, 1.82) is 0 Å². The molecule has 0 aromatic heterocycles. The van der Waals surface area contributed by atoms with Crippen molar-refractivity contribution < 1.29 is 9.90 Å².